The molecule has 0 fully saturated rings. The maximum atomic E-state index is 10.5. The van der Waals surface area contributed by atoms with E-state index in [4.69, 9.17) is 11.5 Å². The molecule has 1 aromatic carbocycles. The van der Waals surface area contributed by atoms with Crippen molar-refractivity contribution in [3.63, 3.8) is 0 Å². The number of nitrogens with zero attached hydrogens (tertiary/aromatic N) is 1. The highest BCUT2D eigenvalue weighted by Gasteiger charge is 2.16. The molecule has 5 heteroatoms. The smallest absolute Gasteiger partial charge is 0.274 e. The van der Waals surface area contributed by atoms with Crippen LogP contribution in [0.15, 0.2) is 18.2 Å². The summed E-state index contributed by atoms with van der Waals surface area (Å²) >= 11 is 0. The van der Waals surface area contributed by atoms with Crippen molar-refractivity contribution in [3.8, 4) is 0 Å². The van der Waals surface area contributed by atoms with Crippen LogP contribution < -0.4 is 11.5 Å². The van der Waals surface area contributed by atoms with Gasteiger partial charge in [0.25, 0.3) is 5.69 Å². The third kappa shape index (κ3) is 1.94. The Morgan fingerprint density at radius 3 is 2.62 bits per heavy atom. The van der Waals surface area contributed by atoms with Crippen LogP contribution in [0.2, 0.25) is 0 Å². The molecule has 0 aliphatic carbocycles. The van der Waals surface area contributed by atoms with E-state index in [2.05, 4.69) is 0 Å². The molecule has 0 aromatic heterocycles. The van der Waals surface area contributed by atoms with Gasteiger partial charge < -0.3 is 11.5 Å². The average molecular weight is 181 g/mol. The fourth-order valence-electron chi connectivity index (χ4n) is 1.10. The normalized spacial score (nSPS) is 12.5. The Morgan fingerprint density at radius 2 is 2.15 bits per heavy atom. The van der Waals surface area contributed by atoms with Crippen LogP contribution in [0.4, 0.5) is 11.4 Å². The molecule has 0 unspecified atom stereocenters. The Morgan fingerprint density at radius 1 is 1.54 bits per heavy atom. The number of hydrogen-bond acceptors (Lipinski definition) is 4. The van der Waals surface area contributed by atoms with Crippen LogP contribution >= 0.6 is 0 Å². The average Bonchev–Trinajstić information content (AvgIpc) is 2.03. The van der Waals surface area contributed by atoms with E-state index in [9.17, 15) is 10.1 Å². The van der Waals surface area contributed by atoms with E-state index in [1.54, 1.807) is 6.92 Å². The molecule has 1 atom stereocenters. The first-order valence-corrected chi connectivity index (χ1v) is 3.81. The molecular formula is C8H11N3O2. The first-order valence-electron chi connectivity index (χ1n) is 3.81. The van der Waals surface area contributed by atoms with Crippen LogP contribution in [0.5, 0.6) is 0 Å². The Kier molecular flexibility index (Phi) is 2.48. The molecule has 0 radical (unpaired) electrons. The Hall–Kier alpha value is -1.62. The molecule has 0 bridgehead atoms. The van der Waals surface area contributed by atoms with Gasteiger partial charge in [0.2, 0.25) is 0 Å². The van der Waals surface area contributed by atoms with Crippen molar-refractivity contribution < 1.29 is 4.92 Å². The van der Waals surface area contributed by atoms with Crippen molar-refractivity contribution in [1.29, 1.82) is 0 Å². The van der Waals surface area contributed by atoms with Gasteiger partial charge in [-0.2, -0.15) is 0 Å². The van der Waals surface area contributed by atoms with Crippen LogP contribution in [-0.2, 0) is 0 Å². The summed E-state index contributed by atoms with van der Waals surface area (Å²) < 4.78 is 0. The van der Waals surface area contributed by atoms with Gasteiger partial charge in [-0.3, -0.25) is 10.1 Å². The maximum Gasteiger partial charge on any atom is 0.274 e. The number of nitro groups is 1. The number of nitrogens with two attached hydrogens (primary N) is 2. The molecule has 0 heterocycles. The van der Waals surface area contributed by atoms with Crippen LogP contribution in [-0.4, -0.2) is 4.92 Å². The summed E-state index contributed by atoms with van der Waals surface area (Å²) in [7, 11) is 0. The van der Waals surface area contributed by atoms with Crippen molar-refractivity contribution >= 4 is 11.4 Å². The molecule has 1 aromatic rings. The summed E-state index contributed by atoms with van der Waals surface area (Å²) in [5.74, 6) is 0. The molecule has 0 aliphatic rings. The maximum absolute atomic E-state index is 10.5. The van der Waals surface area contributed by atoms with Crippen LogP contribution in [0.1, 0.15) is 18.5 Å². The fraction of sp³-hybridized carbons (Fsp3) is 0.250. The highest BCUT2D eigenvalue weighted by Crippen LogP contribution is 2.25. The lowest BCUT2D eigenvalue weighted by atomic mass is 10.1. The van der Waals surface area contributed by atoms with Gasteiger partial charge >= 0.3 is 0 Å². The fourth-order valence-corrected chi connectivity index (χ4v) is 1.10. The highest BCUT2D eigenvalue weighted by atomic mass is 16.6. The standard InChI is InChI=1S/C8H11N3O2/c1-5(9)7-4-6(10)2-3-8(7)11(12)13/h2-5H,9-10H2,1H3/t5-/m1/s1. The largest absolute Gasteiger partial charge is 0.399 e. The number of benzene rings is 1. The van der Waals surface area contributed by atoms with Crippen molar-refractivity contribution in [3.05, 3.63) is 33.9 Å². The second kappa shape index (κ2) is 3.40. The minimum Gasteiger partial charge on any atom is -0.399 e. The topological polar surface area (TPSA) is 95.2 Å². The summed E-state index contributed by atoms with van der Waals surface area (Å²) in [5.41, 5.74) is 12.0. The lowest BCUT2D eigenvalue weighted by Crippen LogP contribution is -2.08. The minimum atomic E-state index is -0.460. The molecule has 70 valence electrons. The van der Waals surface area contributed by atoms with E-state index >= 15 is 0 Å². The zero-order valence-corrected chi connectivity index (χ0v) is 7.23. The molecule has 0 aliphatic heterocycles. The van der Waals surface area contributed by atoms with Gasteiger partial charge in [-0.05, 0) is 19.1 Å². The molecule has 0 spiro atoms. The zero-order chi connectivity index (χ0) is 10.0. The second-order valence-electron chi connectivity index (χ2n) is 2.86. The molecule has 1 rings (SSSR count). The summed E-state index contributed by atoms with van der Waals surface area (Å²) in [6.45, 7) is 1.68. The zero-order valence-electron chi connectivity index (χ0n) is 7.23. The third-order valence-electron chi connectivity index (χ3n) is 1.74. The molecule has 0 amide bonds. The lowest BCUT2D eigenvalue weighted by Gasteiger charge is -2.06. The van der Waals surface area contributed by atoms with E-state index in [-0.39, 0.29) is 11.7 Å². The minimum absolute atomic E-state index is 0.0178. The third-order valence-corrected chi connectivity index (χ3v) is 1.74. The SMILES string of the molecule is C[C@@H](N)c1cc(N)ccc1[N+](=O)[O-]. The summed E-state index contributed by atoms with van der Waals surface area (Å²) in [5, 5.41) is 10.5. The van der Waals surface area contributed by atoms with Gasteiger partial charge in [0.1, 0.15) is 0 Å². The van der Waals surface area contributed by atoms with Crippen molar-refractivity contribution in [2.75, 3.05) is 5.73 Å². The molecule has 4 N–H and O–H groups in total. The van der Waals surface area contributed by atoms with E-state index in [0.29, 0.717) is 11.3 Å². The molecule has 0 saturated heterocycles. The Balaban J connectivity index is 3.26. The van der Waals surface area contributed by atoms with Gasteiger partial charge in [0, 0.05) is 23.4 Å². The lowest BCUT2D eigenvalue weighted by molar-refractivity contribution is -0.385. The van der Waals surface area contributed by atoms with Gasteiger partial charge in [0.15, 0.2) is 0 Å². The molecular weight excluding hydrogens is 170 g/mol. The monoisotopic (exact) mass is 181 g/mol. The molecule has 0 saturated carbocycles. The van der Waals surface area contributed by atoms with Crippen molar-refractivity contribution in [1.82, 2.24) is 0 Å². The Bertz CT molecular complexity index is 336. The van der Waals surface area contributed by atoms with Crippen molar-refractivity contribution in [2.24, 2.45) is 5.73 Å². The van der Waals surface area contributed by atoms with E-state index in [1.807, 2.05) is 0 Å². The Labute approximate surface area is 75.5 Å². The number of hydrogen-bond donors (Lipinski definition) is 2. The van der Waals surface area contributed by atoms with Gasteiger partial charge in [0.05, 0.1) is 4.92 Å². The first-order chi connectivity index (χ1) is 6.02. The first kappa shape index (κ1) is 9.47. The number of nitrogen functional groups attached to an aromatic ring is 1. The second-order valence-corrected chi connectivity index (χ2v) is 2.86. The van der Waals surface area contributed by atoms with E-state index < -0.39 is 4.92 Å². The quantitative estimate of drug-likeness (QED) is 0.407. The van der Waals surface area contributed by atoms with Gasteiger partial charge in [-0.1, -0.05) is 0 Å². The van der Waals surface area contributed by atoms with Crippen LogP contribution in [0, 0.1) is 10.1 Å². The van der Waals surface area contributed by atoms with Gasteiger partial charge in [-0.15, -0.1) is 0 Å². The summed E-state index contributed by atoms with van der Waals surface area (Å²) in [6.07, 6.45) is 0. The van der Waals surface area contributed by atoms with E-state index in [0.717, 1.165) is 0 Å². The van der Waals surface area contributed by atoms with E-state index in [1.165, 1.54) is 18.2 Å². The summed E-state index contributed by atoms with van der Waals surface area (Å²) in [6, 6.07) is 4.00. The number of nitro benzene ring substituents is 1. The van der Waals surface area contributed by atoms with Gasteiger partial charge in [-0.25, -0.2) is 0 Å². The highest BCUT2D eigenvalue weighted by molar-refractivity contribution is 5.52. The number of anilines is 1. The number of rotatable bonds is 2. The predicted octanol–water partition coefficient (Wildman–Crippen LogP) is 1.20. The molecule has 5 nitrogen and oxygen atoms in total. The van der Waals surface area contributed by atoms with Crippen LogP contribution in [0.25, 0.3) is 0 Å². The van der Waals surface area contributed by atoms with Crippen LogP contribution in [0.3, 0.4) is 0 Å². The summed E-state index contributed by atoms with van der Waals surface area (Å²) in [4.78, 5) is 10.1. The molecule has 13 heavy (non-hydrogen) atoms. The predicted molar refractivity (Wildman–Crippen MR) is 50.1 cm³/mol. The van der Waals surface area contributed by atoms with Crippen molar-refractivity contribution in [2.45, 2.75) is 13.0 Å².